The highest BCUT2D eigenvalue weighted by Gasteiger charge is 2.48. The predicted octanol–water partition coefficient (Wildman–Crippen LogP) is 3.55. The molecule has 0 aromatic heterocycles. The Hall–Kier alpha value is -3.24. The first kappa shape index (κ1) is 36.8. The number of fused-ring (bicyclic) bond motifs is 1. The van der Waals surface area contributed by atoms with Crippen LogP contribution >= 0.6 is 0 Å². The molecule has 2 fully saturated rings. The minimum atomic E-state index is -0.596. The zero-order valence-corrected chi connectivity index (χ0v) is 26.5. The lowest BCUT2D eigenvalue weighted by Crippen LogP contribution is -2.74. The van der Waals surface area contributed by atoms with Crippen LogP contribution in [-0.2, 0) is 25.7 Å². The van der Waals surface area contributed by atoms with Gasteiger partial charge in [-0.15, -0.1) is 6.58 Å². The molecule has 0 aliphatic carbocycles. The molecule has 1 aromatic carbocycles. The van der Waals surface area contributed by atoms with Gasteiger partial charge in [-0.25, -0.2) is 5.01 Å². The van der Waals surface area contributed by atoms with E-state index in [4.69, 9.17) is 0 Å². The Kier molecular flexibility index (Phi) is 18.8. The number of nitrogens with zero attached hydrogens (tertiary/aromatic N) is 4. The summed E-state index contributed by atoms with van der Waals surface area (Å²) < 4.78 is 0. The van der Waals surface area contributed by atoms with E-state index < -0.39 is 12.2 Å². The van der Waals surface area contributed by atoms with Crippen LogP contribution in [0.15, 0.2) is 43.0 Å². The van der Waals surface area contributed by atoms with E-state index in [0.29, 0.717) is 32.5 Å². The number of rotatable bonds is 14. The number of carbonyl (C=O) groups excluding carboxylic acids is 4. The Labute approximate surface area is 253 Å². The molecule has 4 amide bonds. The average molecular weight is 587 g/mol. The van der Waals surface area contributed by atoms with Crippen LogP contribution in [0.2, 0.25) is 0 Å². The lowest BCUT2D eigenvalue weighted by atomic mass is 10.0. The third kappa shape index (κ3) is 12.7. The summed E-state index contributed by atoms with van der Waals surface area (Å²) in [5.41, 5.74) is 1.33. The molecule has 0 spiro atoms. The Bertz CT molecular complexity index is 944. The fourth-order valence-electron chi connectivity index (χ4n) is 4.93. The van der Waals surface area contributed by atoms with Crippen molar-refractivity contribution in [3.8, 4) is 0 Å². The SMILES string of the molecule is C=CCC.CCCCCCCN1CC2N(C(=O)CN(C)N2C=O)[C@@H](CCCNC(C)=O)C1=O.CNCc1ccccc1. The molecule has 10 nitrogen and oxygen atoms in total. The van der Waals surface area contributed by atoms with Crippen LogP contribution in [0.25, 0.3) is 0 Å². The molecular formula is C32H54N6O4. The lowest BCUT2D eigenvalue weighted by molar-refractivity contribution is -0.196. The van der Waals surface area contributed by atoms with E-state index in [1.165, 1.54) is 30.3 Å². The summed E-state index contributed by atoms with van der Waals surface area (Å²) in [5.74, 6) is -0.311. The minimum Gasteiger partial charge on any atom is -0.356 e. The first-order valence-electron chi connectivity index (χ1n) is 15.3. The minimum absolute atomic E-state index is 0.0525. The number of hydrogen-bond acceptors (Lipinski definition) is 6. The largest absolute Gasteiger partial charge is 0.356 e. The van der Waals surface area contributed by atoms with Gasteiger partial charge in [0.15, 0.2) is 0 Å². The zero-order valence-electron chi connectivity index (χ0n) is 26.5. The van der Waals surface area contributed by atoms with Crippen LogP contribution in [0, 0.1) is 0 Å². The maximum atomic E-state index is 13.2. The third-order valence-corrected chi connectivity index (χ3v) is 7.17. The number of amides is 4. The van der Waals surface area contributed by atoms with Gasteiger partial charge in [0.2, 0.25) is 24.1 Å². The Morgan fingerprint density at radius 3 is 2.31 bits per heavy atom. The van der Waals surface area contributed by atoms with Gasteiger partial charge in [0, 0.05) is 33.6 Å². The summed E-state index contributed by atoms with van der Waals surface area (Å²) in [6.07, 6.45) is 9.75. The fourth-order valence-corrected chi connectivity index (χ4v) is 4.93. The number of hydrazine groups is 1. The van der Waals surface area contributed by atoms with Crippen molar-refractivity contribution in [2.75, 3.05) is 40.3 Å². The number of allylic oxidation sites excluding steroid dienone is 1. The number of carbonyl (C=O) groups is 4. The van der Waals surface area contributed by atoms with Crippen molar-refractivity contribution in [3.63, 3.8) is 0 Å². The van der Waals surface area contributed by atoms with Crippen LogP contribution in [0.3, 0.4) is 0 Å². The van der Waals surface area contributed by atoms with E-state index >= 15 is 0 Å². The smallest absolute Gasteiger partial charge is 0.245 e. The van der Waals surface area contributed by atoms with Gasteiger partial charge in [-0.2, -0.15) is 0 Å². The van der Waals surface area contributed by atoms with Crippen molar-refractivity contribution in [1.82, 2.24) is 30.5 Å². The maximum absolute atomic E-state index is 13.2. The molecule has 2 aliphatic rings. The zero-order chi connectivity index (χ0) is 31.3. The summed E-state index contributed by atoms with van der Waals surface area (Å²) in [7, 11) is 3.66. The normalized spacial score (nSPS) is 18.3. The van der Waals surface area contributed by atoms with Crippen molar-refractivity contribution in [1.29, 1.82) is 0 Å². The number of hydrogen-bond donors (Lipinski definition) is 2. The maximum Gasteiger partial charge on any atom is 0.245 e. The molecule has 0 saturated carbocycles. The quantitative estimate of drug-likeness (QED) is 0.196. The van der Waals surface area contributed by atoms with E-state index in [2.05, 4.69) is 43.2 Å². The number of piperazine rings is 1. The summed E-state index contributed by atoms with van der Waals surface area (Å²) in [4.78, 5) is 52.1. The second-order valence-electron chi connectivity index (χ2n) is 10.6. The molecule has 2 aliphatic heterocycles. The van der Waals surface area contributed by atoms with Crippen molar-refractivity contribution >= 4 is 24.1 Å². The molecule has 1 aromatic rings. The van der Waals surface area contributed by atoms with Crippen LogP contribution in [0.4, 0.5) is 0 Å². The first-order chi connectivity index (χ1) is 20.2. The van der Waals surface area contributed by atoms with Gasteiger partial charge in [-0.1, -0.05) is 75.9 Å². The second-order valence-corrected chi connectivity index (χ2v) is 10.6. The summed E-state index contributed by atoms with van der Waals surface area (Å²) >= 11 is 0. The van der Waals surface area contributed by atoms with Crippen LogP contribution in [0.5, 0.6) is 0 Å². The molecule has 236 valence electrons. The van der Waals surface area contributed by atoms with Crippen LogP contribution < -0.4 is 10.6 Å². The number of nitrogens with one attached hydrogen (secondary N) is 2. The first-order valence-corrected chi connectivity index (χ1v) is 15.3. The fraction of sp³-hybridized carbons (Fsp3) is 0.625. The predicted molar refractivity (Wildman–Crippen MR) is 168 cm³/mol. The van der Waals surface area contributed by atoms with Crippen LogP contribution in [0.1, 0.15) is 77.7 Å². The van der Waals surface area contributed by atoms with Crippen molar-refractivity contribution in [2.24, 2.45) is 0 Å². The molecule has 1 unspecified atom stereocenters. The summed E-state index contributed by atoms with van der Waals surface area (Å²) in [6, 6.07) is 9.74. The number of benzene rings is 1. The monoisotopic (exact) mass is 586 g/mol. The molecule has 2 atom stereocenters. The van der Waals surface area contributed by atoms with Crippen LogP contribution in [-0.4, -0.2) is 96.4 Å². The highest BCUT2D eigenvalue weighted by molar-refractivity contribution is 5.90. The van der Waals surface area contributed by atoms with E-state index in [1.54, 1.807) is 21.9 Å². The second kappa shape index (κ2) is 21.5. The molecule has 3 rings (SSSR count). The number of likely N-dealkylation sites (N-methyl/N-ethyl adjacent to an activating group) is 1. The molecular weight excluding hydrogens is 532 g/mol. The van der Waals surface area contributed by atoms with Gasteiger partial charge in [-0.3, -0.25) is 24.2 Å². The van der Waals surface area contributed by atoms with Gasteiger partial charge in [0.25, 0.3) is 0 Å². The van der Waals surface area contributed by atoms with Gasteiger partial charge >= 0.3 is 0 Å². The molecule has 2 saturated heterocycles. The van der Waals surface area contributed by atoms with E-state index in [0.717, 1.165) is 38.6 Å². The van der Waals surface area contributed by atoms with Crippen molar-refractivity contribution in [2.45, 2.75) is 90.9 Å². The molecule has 2 heterocycles. The highest BCUT2D eigenvalue weighted by atomic mass is 16.2. The topological polar surface area (TPSA) is 105 Å². The molecule has 0 radical (unpaired) electrons. The molecule has 10 heteroatoms. The Morgan fingerprint density at radius 1 is 1.07 bits per heavy atom. The number of unbranched alkanes of at least 4 members (excludes halogenated alkanes) is 4. The summed E-state index contributed by atoms with van der Waals surface area (Å²) in [6.45, 7) is 11.6. The van der Waals surface area contributed by atoms with Gasteiger partial charge in [0.05, 0.1) is 13.1 Å². The van der Waals surface area contributed by atoms with Crippen molar-refractivity contribution in [3.05, 3.63) is 48.6 Å². The van der Waals surface area contributed by atoms with E-state index in [-0.39, 0.29) is 24.3 Å². The average Bonchev–Trinajstić information content (AvgIpc) is 2.97. The van der Waals surface area contributed by atoms with E-state index in [9.17, 15) is 19.2 Å². The third-order valence-electron chi connectivity index (χ3n) is 7.17. The molecule has 42 heavy (non-hydrogen) atoms. The summed E-state index contributed by atoms with van der Waals surface area (Å²) in [5, 5.41) is 8.94. The van der Waals surface area contributed by atoms with E-state index in [1.807, 2.05) is 31.3 Å². The molecule has 0 bridgehead atoms. The van der Waals surface area contributed by atoms with Gasteiger partial charge in [-0.05, 0) is 38.3 Å². The standard InChI is InChI=1S/C20H35N5O4.C8H11N.C4H8/c1-4-5-6-7-8-12-23-13-18-24(15-26)22(3)14-19(28)25(18)17(20(23)29)10-9-11-21-16(2)27;1-9-7-8-5-3-2-4-6-8;1-3-4-2/h15,17-18H,4-14H2,1-3H3,(H,21,27);2-6,9H,7H2,1H3;3H,1,4H2,2H3/t17-,18?;;/m0../s1. The lowest BCUT2D eigenvalue weighted by Gasteiger charge is -2.53. The highest BCUT2D eigenvalue weighted by Crippen LogP contribution is 2.27. The Balaban J connectivity index is 0.000000558. The molecule has 2 N–H and O–H groups in total. The van der Waals surface area contributed by atoms with Gasteiger partial charge in [0.1, 0.15) is 12.2 Å². The Morgan fingerprint density at radius 2 is 1.74 bits per heavy atom. The van der Waals surface area contributed by atoms with Gasteiger partial charge < -0.3 is 20.4 Å². The van der Waals surface area contributed by atoms with Crippen molar-refractivity contribution < 1.29 is 19.2 Å².